The number of hydrogen-bond donors (Lipinski definition) is 1. The van der Waals surface area contributed by atoms with Gasteiger partial charge in [0.2, 0.25) is 5.91 Å². The highest BCUT2D eigenvalue weighted by Gasteiger charge is 2.07. The summed E-state index contributed by atoms with van der Waals surface area (Å²) in [6.07, 6.45) is 5.44. The van der Waals surface area contributed by atoms with E-state index in [4.69, 9.17) is 5.53 Å². The molecule has 0 saturated heterocycles. The highest BCUT2D eigenvalue weighted by molar-refractivity contribution is 5.95. The van der Waals surface area contributed by atoms with Crippen molar-refractivity contribution in [1.82, 2.24) is 0 Å². The molecule has 2 aromatic rings. The summed E-state index contributed by atoms with van der Waals surface area (Å²) in [6.45, 7) is 0.563. The Morgan fingerprint density at radius 3 is 2.40 bits per heavy atom. The molecule has 0 atom stereocenters. The first-order chi connectivity index (χ1) is 12.3. The van der Waals surface area contributed by atoms with Gasteiger partial charge in [0, 0.05) is 29.1 Å². The second-order valence-corrected chi connectivity index (χ2v) is 5.93. The predicted octanol–water partition coefficient (Wildman–Crippen LogP) is 5.94. The van der Waals surface area contributed by atoms with Crippen LogP contribution in [0.5, 0.6) is 0 Å². The van der Waals surface area contributed by atoms with E-state index in [9.17, 15) is 4.79 Å². The van der Waals surface area contributed by atoms with Gasteiger partial charge in [-0.15, -0.1) is 0 Å². The Kier molecular flexibility index (Phi) is 8.09. The van der Waals surface area contributed by atoms with Crippen LogP contribution in [-0.2, 0) is 4.79 Å². The van der Waals surface area contributed by atoms with Crippen molar-refractivity contribution in [3.05, 3.63) is 65.0 Å². The maximum atomic E-state index is 12.2. The summed E-state index contributed by atoms with van der Waals surface area (Å²) in [5.41, 5.74) is 11.2. The monoisotopic (exact) mass is 336 g/mol. The SMILES string of the molecule is [N-]=[N+]=NCCCCCCCC(=O)Nc1ccccc1-c1ccccc1. The van der Waals surface area contributed by atoms with Gasteiger partial charge in [0.05, 0.1) is 0 Å². The molecule has 5 nitrogen and oxygen atoms in total. The summed E-state index contributed by atoms with van der Waals surface area (Å²) in [5, 5.41) is 6.55. The molecule has 130 valence electrons. The molecule has 0 radical (unpaired) electrons. The highest BCUT2D eigenvalue weighted by Crippen LogP contribution is 2.27. The van der Waals surface area contributed by atoms with Crippen molar-refractivity contribution in [2.45, 2.75) is 38.5 Å². The molecule has 5 heteroatoms. The Bertz CT molecular complexity index is 709. The third kappa shape index (κ3) is 6.69. The van der Waals surface area contributed by atoms with Crippen molar-refractivity contribution >= 4 is 11.6 Å². The van der Waals surface area contributed by atoms with E-state index in [2.05, 4.69) is 15.3 Å². The van der Waals surface area contributed by atoms with Gasteiger partial charge < -0.3 is 5.32 Å². The fourth-order valence-electron chi connectivity index (χ4n) is 2.72. The van der Waals surface area contributed by atoms with Crippen molar-refractivity contribution < 1.29 is 4.79 Å². The van der Waals surface area contributed by atoms with Gasteiger partial charge in [-0.3, -0.25) is 4.79 Å². The van der Waals surface area contributed by atoms with Crippen molar-refractivity contribution in [2.24, 2.45) is 5.11 Å². The molecule has 0 heterocycles. The molecule has 2 rings (SSSR count). The van der Waals surface area contributed by atoms with Crippen LogP contribution in [0.2, 0.25) is 0 Å². The van der Waals surface area contributed by atoms with E-state index in [0.29, 0.717) is 13.0 Å². The average Bonchev–Trinajstić information content (AvgIpc) is 2.65. The summed E-state index contributed by atoms with van der Waals surface area (Å²) in [6, 6.07) is 17.9. The van der Waals surface area contributed by atoms with Gasteiger partial charge in [-0.1, -0.05) is 72.9 Å². The van der Waals surface area contributed by atoms with Crippen LogP contribution in [0.3, 0.4) is 0 Å². The molecule has 0 saturated carbocycles. The zero-order valence-electron chi connectivity index (χ0n) is 14.4. The topological polar surface area (TPSA) is 77.9 Å². The van der Waals surface area contributed by atoms with Crippen molar-refractivity contribution in [1.29, 1.82) is 0 Å². The molecular weight excluding hydrogens is 312 g/mol. The van der Waals surface area contributed by atoms with E-state index in [-0.39, 0.29) is 5.91 Å². The summed E-state index contributed by atoms with van der Waals surface area (Å²) >= 11 is 0. The number of anilines is 1. The molecular formula is C20H24N4O. The van der Waals surface area contributed by atoms with Crippen molar-refractivity contribution in [2.75, 3.05) is 11.9 Å². The van der Waals surface area contributed by atoms with E-state index >= 15 is 0 Å². The second-order valence-electron chi connectivity index (χ2n) is 5.93. The van der Waals surface area contributed by atoms with E-state index in [1.807, 2.05) is 54.6 Å². The lowest BCUT2D eigenvalue weighted by Gasteiger charge is -2.11. The van der Waals surface area contributed by atoms with Gasteiger partial charge in [-0.2, -0.15) is 0 Å². The number of benzene rings is 2. The Hall–Kier alpha value is -2.78. The number of nitrogens with zero attached hydrogens (tertiary/aromatic N) is 3. The molecule has 0 bridgehead atoms. The molecule has 1 N–H and O–H groups in total. The largest absolute Gasteiger partial charge is 0.326 e. The minimum absolute atomic E-state index is 0.0532. The van der Waals surface area contributed by atoms with Gasteiger partial charge >= 0.3 is 0 Å². The number of carbonyl (C=O) groups excluding carboxylic acids is 1. The van der Waals surface area contributed by atoms with E-state index in [0.717, 1.165) is 48.9 Å². The molecule has 0 aliphatic carbocycles. The number of nitrogens with one attached hydrogen (secondary N) is 1. The Morgan fingerprint density at radius 2 is 1.60 bits per heavy atom. The molecule has 2 aromatic carbocycles. The fraction of sp³-hybridized carbons (Fsp3) is 0.350. The van der Waals surface area contributed by atoms with E-state index in [1.54, 1.807) is 0 Å². The third-order valence-electron chi connectivity index (χ3n) is 4.01. The lowest BCUT2D eigenvalue weighted by atomic mass is 10.0. The predicted molar refractivity (Wildman–Crippen MR) is 102 cm³/mol. The number of para-hydroxylation sites is 1. The van der Waals surface area contributed by atoms with Gasteiger partial charge in [0.1, 0.15) is 0 Å². The van der Waals surface area contributed by atoms with Gasteiger partial charge in [-0.25, -0.2) is 0 Å². The number of amides is 1. The number of azide groups is 1. The summed E-state index contributed by atoms with van der Waals surface area (Å²) in [7, 11) is 0. The summed E-state index contributed by atoms with van der Waals surface area (Å²) in [5.74, 6) is 0.0532. The lowest BCUT2D eigenvalue weighted by Crippen LogP contribution is -2.11. The zero-order valence-corrected chi connectivity index (χ0v) is 14.4. The van der Waals surface area contributed by atoms with Crippen LogP contribution in [0.4, 0.5) is 5.69 Å². The Morgan fingerprint density at radius 1 is 0.920 bits per heavy atom. The lowest BCUT2D eigenvalue weighted by molar-refractivity contribution is -0.116. The normalized spacial score (nSPS) is 10.1. The average molecular weight is 336 g/mol. The molecule has 0 aromatic heterocycles. The maximum Gasteiger partial charge on any atom is 0.224 e. The van der Waals surface area contributed by atoms with Crippen LogP contribution in [0, 0.1) is 0 Å². The standard InChI is InChI=1S/C20H24N4O/c21-24-22-16-10-3-1-2-7-15-20(25)23-19-14-9-8-13-18(19)17-11-5-4-6-12-17/h4-6,8-9,11-14H,1-3,7,10,15-16H2,(H,23,25). The first-order valence-electron chi connectivity index (χ1n) is 8.76. The molecule has 0 fully saturated rings. The second kappa shape index (κ2) is 10.9. The molecule has 1 amide bonds. The van der Waals surface area contributed by atoms with Crippen LogP contribution in [0.15, 0.2) is 59.7 Å². The van der Waals surface area contributed by atoms with Crippen LogP contribution in [-0.4, -0.2) is 12.5 Å². The molecule has 25 heavy (non-hydrogen) atoms. The highest BCUT2D eigenvalue weighted by atomic mass is 16.1. The quantitative estimate of drug-likeness (QED) is 0.248. The minimum atomic E-state index is 0.0532. The Labute approximate surface area is 148 Å². The van der Waals surface area contributed by atoms with E-state index < -0.39 is 0 Å². The summed E-state index contributed by atoms with van der Waals surface area (Å²) < 4.78 is 0. The molecule has 0 spiro atoms. The number of carbonyl (C=O) groups is 1. The molecule has 0 aliphatic heterocycles. The first kappa shape index (κ1) is 18.6. The van der Waals surface area contributed by atoms with Crippen LogP contribution in [0.25, 0.3) is 21.6 Å². The number of rotatable bonds is 10. The van der Waals surface area contributed by atoms with Gasteiger partial charge in [-0.05, 0) is 30.0 Å². The smallest absolute Gasteiger partial charge is 0.224 e. The molecule has 0 aliphatic rings. The maximum absolute atomic E-state index is 12.2. The Balaban J connectivity index is 1.77. The van der Waals surface area contributed by atoms with Crippen LogP contribution in [0.1, 0.15) is 38.5 Å². The first-order valence-corrected chi connectivity index (χ1v) is 8.76. The minimum Gasteiger partial charge on any atom is -0.326 e. The van der Waals surface area contributed by atoms with Gasteiger partial charge in [0.15, 0.2) is 0 Å². The zero-order chi connectivity index (χ0) is 17.7. The van der Waals surface area contributed by atoms with Crippen LogP contribution >= 0.6 is 0 Å². The number of unbranched alkanes of at least 4 members (excludes halogenated alkanes) is 4. The fourth-order valence-corrected chi connectivity index (χ4v) is 2.72. The molecule has 0 unspecified atom stereocenters. The summed E-state index contributed by atoms with van der Waals surface area (Å²) in [4.78, 5) is 14.9. The third-order valence-corrected chi connectivity index (χ3v) is 4.01. The van der Waals surface area contributed by atoms with Crippen molar-refractivity contribution in [3.63, 3.8) is 0 Å². The number of hydrogen-bond acceptors (Lipinski definition) is 2. The van der Waals surface area contributed by atoms with Crippen LogP contribution < -0.4 is 5.32 Å². The van der Waals surface area contributed by atoms with E-state index in [1.165, 1.54) is 0 Å². The van der Waals surface area contributed by atoms with Gasteiger partial charge in [0.25, 0.3) is 0 Å². The van der Waals surface area contributed by atoms with Crippen molar-refractivity contribution in [3.8, 4) is 11.1 Å².